The number of aliphatic hydroxyl groups is 1. The molecule has 0 fully saturated rings. The normalized spacial score (nSPS) is 15.8. The lowest BCUT2D eigenvalue weighted by Crippen LogP contribution is -2.38. The molecule has 3 nitrogen and oxygen atoms in total. The van der Waals surface area contributed by atoms with E-state index < -0.39 is 0 Å². The Morgan fingerprint density at radius 3 is 2.57 bits per heavy atom. The van der Waals surface area contributed by atoms with Crippen molar-refractivity contribution in [2.24, 2.45) is 5.92 Å². The molecule has 2 atom stereocenters. The Bertz CT molecular complexity index is 244. The van der Waals surface area contributed by atoms with Gasteiger partial charge in [-0.15, -0.1) is 0 Å². The highest BCUT2D eigenvalue weighted by molar-refractivity contribution is 5.08. The topological polar surface area (TPSA) is 48.0 Å². The first-order valence-electron chi connectivity index (χ1n) is 5.15. The van der Waals surface area contributed by atoms with E-state index in [1.807, 2.05) is 18.3 Å². The van der Waals surface area contributed by atoms with Crippen LogP contribution < -0.4 is 5.32 Å². The quantitative estimate of drug-likeness (QED) is 0.671. The summed E-state index contributed by atoms with van der Waals surface area (Å²) in [7, 11) is 0. The van der Waals surface area contributed by atoms with Gasteiger partial charge in [0.15, 0.2) is 0 Å². The molecule has 0 unspecified atom stereocenters. The molecule has 0 saturated heterocycles. The van der Waals surface area contributed by atoms with Crippen LogP contribution in [-0.4, -0.2) is 22.7 Å². The van der Waals surface area contributed by atoms with Gasteiger partial charge in [0.25, 0.3) is 0 Å². The molecular formula is C11H20N2O. The lowest BCUT2D eigenvalue weighted by Gasteiger charge is -2.24. The Balaban J connectivity index is 2.51. The van der Waals surface area contributed by atoms with Gasteiger partial charge in [0.1, 0.15) is 0 Å². The van der Waals surface area contributed by atoms with Crippen LogP contribution in [0.25, 0.3) is 0 Å². The second-order valence-electron chi connectivity index (χ2n) is 4.05. The standard InChI is InChI=1S/C11H20N2O/c1-8(2)11(7-14)13-9(3)10-5-4-6-12-10/h4-6,8-9,11-14H,7H2,1-3H3/t9-,11+/m0/s1. The number of hydrogen-bond donors (Lipinski definition) is 3. The van der Waals surface area contributed by atoms with Crippen molar-refractivity contribution in [2.45, 2.75) is 32.9 Å². The van der Waals surface area contributed by atoms with Gasteiger partial charge < -0.3 is 15.4 Å². The van der Waals surface area contributed by atoms with Crippen LogP contribution in [-0.2, 0) is 0 Å². The van der Waals surface area contributed by atoms with Crippen molar-refractivity contribution in [2.75, 3.05) is 6.61 Å². The Morgan fingerprint density at radius 1 is 1.43 bits per heavy atom. The maximum absolute atomic E-state index is 9.17. The van der Waals surface area contributed by atoms with E-state index in [0.29, 0.717) is 5.92 Å². The molecule has 0 amide bonds. The fourth-order valence-electron chi connectivity index (χ4n) is 1.48. The largest absolute Gasteiger partial charge is 0.395 e. The highest BCUT2D eigenvalue weighted by Crippen LogP contribution is 2.12. The van der Waals surface area contributed by atoms with E-state index in [1.54, 1.807) is 0 Å². The van der Waals surface area contributed by atoms with E-state index in [9.17, 15) is 5.11 Å². The number of aromatic nitrogens is 1. The van der Waals surface area contributed by atoms with Gasteiger partial charge in [0.2, 0.25) is 0 Å². The van der Waals surface area contributed by atoms with E-state index >= 15 is 0 Å². The third-order valence-electron chi connectivity index (χ3n) is 2.55. The van der Waals surface area contributed by atoms with Gasteiger partial charge in [-0.1, -0.05) is 13.8 Å². The third-order valence-corrected chi connectivity index (χ3v) is 2.55. The predicted molar refractivity (Wildman–Crippen MR) is 58.1 cm³/mol. The maximum Gasteiger partial charge on any atom is 0.0587 e. The average molecular weight is 196 g/mol. The molecule has 1 rings (SSSR count). The molecule has 80 valence electrons. The van der Waals surface area contributed by atoms with E-state index in [1.165, 1.54) is 0 Å². The molecule has 3 heteroatoms. The molecule has 0 aliphatic rings. The van der Waals surface area contributed by atoms with Gasteiger partial charge in [-0.3, -0.25) is 0 Å². The summed E-state index contributed by atoms with van der Waals surface area (Å²) in [6, 6.07) is 4.45. The molecule has 3 N–H and O–H groups in total. The lowest BCUT2D eigenvalue weighted by atomic mass is 10.0. The number of rotatable bonds is 5. The van der Waals surface area contributed by atoms with E-state index in [0.717, 1.165) is 5.69 Å². The van der Waals surface area contributed by atoms with Gasteiger partial charge in [-0.05, 0) is 25.0 Å². The second kappa shape index (κ2) is 5.17. The summed E-state index contributed by atoms with van der Waals surface area (Å²) in [6.45, 7) is 6.49. The van der Waals surface area contributed by atoms with E-state index in [4.69, 9.17) is 0 Å². The van der Waals surface area contributed by atoms with Crippen LogP contribution in [0.5, 0.6) is 0 Å². The summed E-state index contributed by atoms with van der Waals surface area (Å²) >= 11 is 0. The van der Waals surface area contributed by atoms with Crippen molar-refractivity contribution in [3.8, 4) is 0 Å². The molecular weight excluding hydrogens is 176 g/mol. The molecule has 1 aromatic rings. The minimum absolute atomic E-state index is 0.160. The number of aromatic amines is 1. The summed E-state index contributed by atoms with van der Waals surface area (Å²) < 4.78 is 0. The molecule has 0 aromatic carbocycles. The lowest BCUT2D eigenvalue weighted by molar-refractivity contribution is 0.201. The molecule has 0 spiro atoms. The average Bonchev–Trinajstić information content (AvgIpc) is 2.65. The predicted octanol–water partition coefficient (Wildman–Crippen LogP) is 1.68. The fourth-order valence-corrected chi connectivity index (χ4v) is 1.48. The molecule has 1 heterocycles. The summed E-state index contributed by atoms with van der Waals surface area (Å²) in [4.78, 5) is 3.16. The van der Waals surface area contributed by atoms with Crippen LogP contribution in [0.4, 0.5) is 0 Å². The van der Waals surface area contributed by atoms with E-state index in [2.05, 4.69) is 31.1 Å². The maximum atomic E-state index is 9.17. The number of hydrogen-bond acceptors (Lipinski definition) is 2. The monoisotopic (exact) mass is 196 g/mol. The van der Waals surface area contributed by atoms with Crippen molar-refractivity contribution in [1.82, 2.24) is 10.3 Å². The van der Waals surface area contributed by atoms with Crippen LogP contribution in [0.3, 0.4) is 0 Å². The van der Waals surface area contributed by atoms with E-state index in [-0.39, 0.29) is 18.7 Å². The minimum Gasteiger partial charge on any atom is -0.395 e. The molecule has 1 aromatic heterocycles. The minimum atomic E-state index is 0.160. The highest BCUT2D eigenvalue weighted by Gasteiger charge is 2.15. The van der Waals surface area contributed by atoms with Gasteiger partial charge in [0.05, 0.1) is 6.61 Å². The molecule has 0 radical (unpaired) electrons. The number of aliphatic hydroxyl groups excluding tert-OH is 1. The molecule has 0 aliphatic heterocycles. The Morgan fingerprint density at radius 2 is 2.14 bits per heavy atom. The Kier molecular flexibility index (Phi) is 4.17. The van der Waals surface area contributed by atoms with Crippen LogP contribution in [0.1, 0.15) is 32.5 Å². The zero-order chi connectivity index (χ0) is 10.6. The van der Waals surface area contributed by atoms with Crippen LogP contribution in [0.2, 0.25) is 0 Å². The molecule has 0 saturated carbocycles. The summed E-state index contributed by atoms with van der Waals surface area (Å²) in [5.74, 6) is 0.442. The zero-order valence-corrected chi connectivity index (χ0v) is 9.12. The first-order valence-corrected chi connectivity index (χ1v) is 5.15. The zero-order valence-electron chi connectivity index (χ0n) is 9.12. The van der Waals surface area contributed by atoms with Crippen LogP contribution >= 0.6 is 0 Å². The summed E-state index contributed by atoms with van der Waals surface area (Å²) in [5, 5.41) is 12.6. The summed E-state index contributed by atoms with van der Waals surface area (Å²) in [5.41, 5.74) is 1.16. The smallest absolute Gasteiger partial charge is 0.0587 e. The Hall–Kier alpha value is -0.800. The fraction of sp³-hybridized carbons (Fsp3) is 0.636. The second-order valence-corrected chi connectivity index (χ2v) is 4.05. The van der Waals surface area contributed by atoms with Crippen molar-refractivity contribution in [3.05, 3.63) is 24.0 Å². The van der Waals surface area contributed by atoms with Crippen molar-refractivity contribution in [1.29, 1.82) is 0 Å². The first-order chi connectivity index (χ1) is 6.65. The SMILES string of the molecule is CC(C)[C@@H](CO)N[C@@H](C)c1ccc[nH]1. The number of H-pyrrole nitrogens is 1. The molecule has 0 aliphatic carbocycles. The highest BCUT2D eigenvalue weighted by atomic mass is 16.3. The molecule has 0 bridgehead atoms. The van der Waals surface area contributed by atoms with Crippen molar-refractivity contribution in [3.63, 3.8) is 0 Å². The van der Waals surface area contributed by atoms with Crippen LogP contribution in [0.15, 0.2) is 18.3 Å². The van der Waals surface area contributed by atoms with Crippen molar-refractivity contribution < 1.29 is 5.11 Å². The first kappa shape index (κ1) is 11.3. The van der Waals surface area contributed by atoms with Gasteiger partial charge in [0, 0.05) is 24.0 Å². The Labute approximate surface area is 85.5 Å². The van der Waals surface area contributed by atoms with Crippen molar-refractivity contribution >= 4 is 0 Å². The summed E-state index contributed by atoms with van der Waals surface area (Å²) in [6.07, 6.45) is 1.91. The number of nitrogens with one attached hydrogen (secondary N) is 2. The molecule has 14 heavy (non-hydrogen) atoms. The van der Waals surface area contributed by atoms with Gasteiger partial charge >= 0.3 is 0 Å². The third kappa shape index (κ3) is 2.86. The van der Waals surface area contributed by atoms with Gasteiger partial charge in [-0.25, -0.2) is 0 Å². The van der Waals surface area contributed by atoms with Gasteiger partial charge in [-0.2, -0.15) is 0 Å². The van der Waals surface area contributed by atoms with Crippen LogP contribution in [0, 0.1) is 5.92 Å².